The van der Waals surface area contributed by atoms with Gasteiger partial charge < -0.3 is 0 Å². The van der Waals surface area contributed by atoms with Crippen molar-refractivity contribution in [3.05, 3.63) is 108 Å². The van der Waals surface area contributed by atoms with Gasteiger partial charge in [0.1, 0.15) is 0 Å². The van der Waals surface area contributed by atoms with Crippen molar-refractivity contribution in [1.29, 1.82) is 0 Å². The van der Waals surface area contributed by atoms with Crippen molar-refractivity contribution < 1.29 is 21.1 Å². The van der Waals surface area contributed by atoms with Crippen molar-refractivity contribution in [3.8, 4) is 0 Å². The molecule has 0 N–H and O–H groups in total. The van der Waals surface area contributed by atoms with Gasteiger partial charge in [-0.1, -0.05) is 79.6 Å². The molecule has 0 saturated carbocycles. The van der Waals surface area contributed by atoms with E-state index in [2.05, 4.69) is 62.4 Å². The summed E-state index contributed by atoms with van der Waals surface area (Å²) in [4.78, 5) is 0. The maximum absolute atomic E-state index is 2.89. The fraction of sp³-hybridized carbons (Fsp3) is 0.182. The van der Waals surface area contributed by atoms with Gasteiger partial charge in [-0.2, -0.15) is 36.4 Å². The summed E-state index contributed by atoms with van der Waals surface area (Å²) in [5, 5.41) is 0. The number of hydrogen-bond donors (Lipinski definition) is 0. The minimum Gasteiger partial charge on any atom is -0.184 e. The van der Waals surface area contributed by atoms with Gasteiger partial charge in [-0.3, -0.25) is 0 Å². The molecule has 3 aromatic carbocycles. The largest absolute Gasteiger partial charge is 0.184 e. The summed E-state index contributed by atoms with van der Waals surface area (Å²) in [6.45, 7) is 4.28. The Bertz CT molecular complexity index is 535. The van der Waals surface area contributed by atoms with Crippen molar-refractivity contribution >= 4 is 0 Å². The molecule has 0 unspecified atom stereocenters. The molecule has 0 aliphatic carbocycles. The summed E-state index contributed by atoms with van der Waals surface area (Å²) in [7, 11) is 0. The van der Waals surface area contributed by atoms with Crippen molar-refractivity contribution in [2.24, 2.45) is 0 Å². The molecule has 0 spiro atoms. The fourth-order valence-corrected chi connectivity index (χ4v) is 1.81. The van der Waals surface area contributed by atoms with Crippen LogP contribution < -0.4 is 0 Å². The van der Waals surface area contributed by atoms with E-state index < -0.39 is 0 Å². The first-order chi connectivity index (χ1) is 10.8. The molecular formula is C22H25W-. The molecule has 0 aliphatic heterocycles. The van der Waals surface area contributed by atoms with Crippen LogP contribution in [-0.4, -0.2) is 0 Å². The predicted molar refractivity (Wildman–Crippen MR) is 96.9 cm³/mol. The van der Waals surface area contributed by atoms with Gasteiger partial charge in [-0.15, -0.1) is 0 Å². The maximum atomic E-state index is 2.89. The molecular weight excluding hydrogens is 448 g/mol. The van der Waals surface area contributed by atoms with Crippen molar-refractivity contribution in [1.82, 2.24) is 0 Å². The van der Waals surface area contributed by atoms with Crippen LogP contribution in [0.4, 0.5) is 0 Å². The minimum atomic E-state index is 0. The third-order valence-corrected chi connectivity index (χ3v) is 2.93. The van der Waals surface area contributed by atoms with Crippen LogP contribution in [0.1, 0.15) is 24.5 Å². The molecule has 0 bridgehead atoms. The first kappa shape index (κ1) is 21.3. The number of aryl methyl sites for hydroxylation is 2. The zero-order valence-electron chi connectivity index (χ0n) is 14.0. The molecule has 0 aliphatic rings. The Morgan fingerprint density at radius 1 is 0.696 bits per heavy atom. The molecule has 0 atom stereocenters. The molecule has 0 heterocycles. The Balaban J connectivity index is 0.000000315. The molecule has 3 aromatic rings. The van der Waals surface area contributed by atoms with Crippen LogP contribution in [0, 0.1) is 13.0 Å². The van der Waals surface area contributed by atoms with Crippen molar-refractivity contribution in [2.45, 2.75) is 26.7 Å². The van der Waals surface area contributed by atoms with E-state index in [0.717, 1.165) is 0 Å². The average Bonchev–Trinajstić information content (AvgIpc) is 2.60. The molecule has 0 amide bonds. The van der Waals surface area contributed by atoms with E-state index >= 15 is 0 Å². The zero-order chi connectivity index (χ0) is 15.9. The van der Waals surface area contributed by atoms with Gasteiger partial charge in [0.05, 0.1) is 0 Å². The van der Waals surface area contributed by atoms with E-state index in [1.165, 1.54) is 24.0 Å². The van der Waals surface area contributed by atoms with Crippen molar-refractivity contribution in [2.75, 3.05) is 0 Å². The molecule has 0 fully saturated rings. The summed E-state index contributed by atoms with van der Waals surface area (Å²) < 4.78 is 0. The second kappa shape index (κ2) is 15.3. The predicted octanol–water partition coefficient (Wildman–Crippen LogP) is 6.12. The maximum Gasteiger partial charge on any atom is 0 e. The Hall–Kier alpha value is -1.65. The van der Waals surface area contributed by atoms with Gasteiger partial charge in [0, 0.05) is 21.1 Å². The van der Waals surface area contributed by atoms with Gasteiger partial charge in [0.25, 0.3) is 0 Å². The van der Waals surface area contributed by atoms with E-state index in [1.54, 1.807) is 0 Å². The van der Waals surface area contributed by atoms with Gasteiger partial charge in [-0.05, 0) is 18.9 Å². The van der Waals surface area contributed by atoms with Gasteiger partial charge >= 0.3 is 0 Å². The summed E-state index contributed by atoms with van der Waals surface area (Å²) in [6, 6.07) is 33.3. The number of benzene rings is 3. The molecule has 120 valence electrons. The second-order valence-electron chi connectivity index (χ2n) is 4.97. The normalized spacial score (nSPS) is 8.43. The zero-order valence-corrected chi connectivity index (χ0v) is 16.9. The van der Waals surface area contributed by atoms with Crippen LogP contribution in [-0.2, 0) is 27.5 Å². The van der Waals surface area contributed by atoms with Crippen LogP contribution in [0.5, 0.6) is 0 Å². The molecule has 0 saturated heterocycles. The SMILES string of the molecule is CCCc1ccccc1.Cc1ccccc1.[W].[c-]1ccccc1. The number of hydrogen-bond acceptors (Lipinski definition) is 0. The first-order valence-corrected chi connectivity index (χ1v) is 7.79. The smallest absolute Gasteiger partial charge is 0 e. The summed E-state index contributed by atoms with van der Waals surface area (Å²) in [5.41, 5.74) is 2.77. The van der Waals surface area contributed by atoms with E-state index in [0.29, 0.717) is 0 Å². The Labute approximate surface area is 155 Å². The molecule has 23 heavy (non-hydrogen) atoms. The Kier molecular flexibility index (Phi) is 14.2. The van der Waals surface area contributed by atoms with Crippen LogP contribution >= 0.6 is 0 Å². The quantitative estimate of drug-likeness (QED) is 0.394. The summed E-state index contributed by atoms with van der Waals surface area (Å²) in [5.74, 6) is 0. The Morgan fingerprint density at radius 2 is 1.17 bits per heavy atom. The topological polar surface area (TPSA) is 0 Å². The molecule has 0 radical (unpaired) electrons. The second-order valence-corrected chi connectivity index (χ2v) is 4.97. The average molecular weight is 473 g/mol. The van der Waals surface area contributed by atoms with Crippen LogP contribution in [0.3, 0.4) is 0 Å². The Morgan fingerprint density at radius 3 is 1.48 bits per heavy atom. The summed E-state index contributed by atoms with van der Waals surface area (Å²) >= 11 is 0. The van der Waals surface area contributed by atoms with Gasteiger partial charge in [0.2, 0.25) is 0 Å². The van der Waals surface area contributed by atoms with Crippen LogP contribution in [0.2, 0.25) is 0 Å². The molecule has 3 rings (SSSR count). The molecule has 0 nitrogen and oxygen atoms in total. The van der Waals surface area contributed by atoms with Crippen LogP contribution in [0.25, 0.3) is 0 Å². The van der Waals surface area contributed by atoms with Crippen LogP contribution in [0.15, 0.2) is 91.0 Å². The van der Waals surface area contributed by atoms with Gasteiger partial charge in [-0.25, -0.2) is 0 Å². The third kappa shape index (κ3) is 12.6. The number of rotatable bonds is 2. The minimum absolute atomic E-state index is 0. The van der Waals surface area contributed by atoms with Crippen molar-refractivity contribution in [3.63, 3.8) is 0 Å². The standard InChI is InChI=1S/C9H12.C7H8.C6H5.W/c1-2-6-9-7-4-3-5-8-9;1-7-5-3-2-4-6-7;1-2-4-6-5-3-1;/h3-5,7-8H,2,6H2,1H3;2-6H,1H3;1-5H;/q;;-1;. The molecule has 1 heteroatoms. The fourth-order valence-electron chi connectivity index (χ4n) is 1.81. The molecule has 0 aromatic heterocycles. The van der Waals surface area contributed by atoms with E-state index in [-0.39, 0.29) is 21.1 Å². The third-order valence-electron chi connectivity index (χ3n) is 2.93. The van der Waals surface area contributed by atoms with E-state index in [1.807, 2.05) is 48.5 Å². The van der Waals surface area contributed by atoms with E-state index in [4.69, 9.17) is 0 Å². The van der Waals surface area contributed by atoms with E-state index in [9.17, 15) is 0 Å². The first-order valence-electron chi connectivity index (χ1n) is 7.79. The summed E-state index contributed by atoms with van der Waals surface area (Å²) in [6.07, 6.45) is 2.45. The van der Waals surface area contributed by atoms with Gasteiger partial charge in [0.15, 0.2) is 0 Å². The monoisotopic (exact) mass is 473 g/mol.